The summed E-state index contributed by atoms with van der Waals surface area (Å²) < 4.78 is 23.8. The molecule has 0 fully saturated rings. The summed E-state index contributed by atoms with van der Waals surface area (Å²) in [5, 5.41) is 6.02. The number of sulfone groups is 1. The van der Waals surface area contributed by atoms with Crippen LogP contribution in [-0.2, 0) is 20.0 Å². The standard InChI is InChI=1S/C23H32N2O3S/c1-16(2)22(17-11-13-18(14-12-17)23(3,4)5)24-15-21(26)25-19-9-7-8-10-20(19)29(6,27)28/h7-14,16,22,24H,15H2,1-6H3,(H,25,26)/t22-/m0/s1. The van der Waals surface area contributed by atoms with Crippen LogP contribution in [-0.4, -0.2) is 27.1 Å². The molecular weight excluding hydrogens is 384 g/mol. The summed E-state index contributed by atoms with van der Waals surface area (Å²) in [4.78, 5) is 12.6. The Kier molecular flexibility index (Phi) is 7.25. The third kappa shape index (κ3) is 6.41. The largest absolute Gasteiger partial charge is 0.324 e. The van der Waals surface area contributed by atoms with Crippen LogP contribution in [0.1, 0.15) is 51.8 Å². The van der Waals surface area contributed by atoms with Crippen molar-refractivity contribution in [1.82, 2.24) is 5.32 Å². The van der Waals surface area contributed by atoms with Crippen LogP contribution in [0.5, 0.6) is 0 Å². The fourth-order valence-electron chi connectivity index (χ4n) is 3.22. The predicted octanol–water partition coefficient (Wildman–Crippen LogP) is 4.31. The average molecular weight is 417 g/mol. The minimum absolute atomic E-state index is 0.0138. The van der Waals surface area contributed by atoms with E-state index in [-0.39, 0.29) is 34.7 Å². The molecule has 0 heterocycles. The number of benzene rings is 2. The van der Waals surface area contributed by atoms with Crippen molar-refractivity contribution in [3.8, 4) is 0 Å². The molecule has 0 radical (unpaired) electrons. The van der Waals surface area contributed by atoms with Gasteiger partial charge in [0.25, 0.3) is 0 Å². The minimum Gasteiger partial charge on any atom is -0.324 e. The van der Waals surface area contributed by atoms with Crippen LogP contribution < -0.4 is 10.6 Å². The topological polar surface area (TPSA) is 75.3 Å². The van der Waals surface area contributed by atoms with Crippen molar-refractivity contribution in [3.05, 3.63) is 59.7 Å². The Bertz CT molecular complexity index is 943. The molecule has 1 amide bonds. The van der Waals surface area contributed by atoms with Crippen molar-refractivity contribution in [2.45, 2.75) is 51.0 Å². The summed E-state index contributed by atoms with van der Waals surface area (Å²) in [6.45, 7) is 10.8. The molecule has 158 valence electrons. The zero-order valence-electron chi connectivity index (χ0n) is 18.1. The van der Waals surface area contributed by atoms with Gasteiger partial charge in [-0.15, -0.1) is 0 Å². The number of hydrogen-bond acceptors (Lipinski definition) is 4. The molecule has 2 aromatic carbocycles. The van der Waals surface area contributed by atoms with Gasteiger partial charge in [-0.3, -0.25) is 4.79 Å². The molecule has 2 N–H and O–H groups in total. The Hall–Kier alpha value is -2.18. The molecule has 5 nitrogen and oxygen atoms in total. The number of rotatable bonds is 7. The van der Waals surface area contributed by atoms with Gasteiger partial charge in [0, 0.05) is 12.3 Å². The van der Waals surface area contributed by atoms with Gasteiger partial charge in [-0.25, -0.2) is 8.42 Å². The van der Waals surface area contributed by atoms with E-state index in [2.05, 4.69) is 69.5 Å². The van der Waals surface area contributed by atoms with Crippen LogP contribution in [0.25, 0.3) is 0 Å². The molecule has 0 aliphatic heterocycles. The van der Waals surface area contributed by atoms with Crippen molar-refractivity contribution in [2.75, 3.05) is 18.1 Å². The lowest BCUT2D eigenvalue weighted by molar-refractivity contribution is -0.115. The van der Waals surface area contributed by atoms with E-state index in [1.54, 1.807) is 18.2 Å². The Balaban J connectivity index is 2.09. The van der Waals surface area contributed by atoms with E-state index >= 15 is 0 Å². The van der Waals surface area contributed by atoms with Gasteiger partial charge in [0.2, 0.25) is 5.91 Å². The first-order valence-corrected chi connectivity index (χ1v) is 11.7. The normalized spacial score (nSPS) is 13.3. The van der Waals surface area contributed by atoms with Crippen LogP contribution >= 0.6 is 0 Å². The summed E-state index contributed by atoms with van der Waals surface area (Å²) in [6.07, 6.45) is 1.13. The first-order valence-electron chi connectivity index (χ1n) is 9.82. The summed E-state index contributed by atoms with van der Waals surface area (Å²) in [5.74, 6) is 0.00431. The highest BCUT2D eigenvalue weighted by atomic mass is 32.2. The zero-order chi connectivity index (χ0) is 21.8. The summed E-state index contributed by atoms with van der Waals surface area (Å²) >= 11 is 0. The molecule has 0 unspecified atom stereocenters. The first kappa shape index (κ1) is 23.1. The number of carbonyl (C=O) groups is 1. The highest BCUT2D eigenvalue weighted by Crippen LogP contribution is 2.27. The first-order chi connectivity index (χ1) is 13.4. The number of amides is 1. The van der Waals surface area contributed by atoms with Gasteiger partial charge in [-0.05, 0) is 34.6 Å². The molecule has 0 saturated heterocycles. The molecule has 2 rings (SSSR count). The maximum atomic E-state index is 12.5. The number of carbonyl (C=O) groups excluding carboxylic acids is 1. The smallest absolute Gasteiger partial charge is 0.238 e. The van der Waals surface area contributed by atoms with Gasteiger partial charge < -0.3 is 10.6 Å². The van der Waals surface area contributed by atoms with Gasteiger partial charge in [0.05, 0.1) is 17.1 Å². The van der Waals surface area contributed by atoms with Crippen LogP contribution in [0, 0.1) is 5.92 Å². The molecule has 6 heteroatoms. The van der Waals surface area contributed by atoms with E-state index < -0.39 is 9.84 Å². The fraction of sp³-hybridized carbons (Fsp3) is 0.435. The maximum absolute atomic E-state index is 12.5. The minimum atomic E-state index is -3.42. The number of hydrogen-bond donors (Lipinski definition) is 2. The van der Waals surface area contributed by atoms with Crippen LogP contribution in [0.3, 0.4) is 0 Å². The second kappa shape index (κ2) is 9.09. The van der Waals surface area contributed by atoms with Gasteiger partial charge in [-0.2, -0.15) is 0 Å². The summed E-state index contributed by atoms with van der Waals surface area (Å²) in [7, 11) is -3.42. The van der Waals surface area contributed by atoms with Crippen LogP contribution in [0.4, 0.5) is 5.69 Å². The van der Waals surface area contributed by atoms with E-state index in [0.29, 0.717) is 5.69 Å². The van der Waals surface area contributed by atoms with E-state index in [0.717, 1.165) is 11.8 Å². The predicted molar refractivity (Wildman–Crippen MR) is 119 cm³/mol. The van der Waals surface area contributed by atoms with Crippen LogP contribution in [0.2, 0.25) is 0 Å². The van der Waals surface area contributed by atoms with Crippen molar-refractivity contribution in [3.63, 3.8) is 0 Å². The second-order valence-corrected chi connectivity index (χ2v) is 10.8. The highest BCUT2D eigenvalue weighted by Gasteiger charge is 2.20. The van der Waals surface area contributed by atoms with E-state index in [9.17, 15) is 13.2 Å². The van der Waals surface area contributed by atoms with Crippen molar-refractivity contribution in [1.29, 1.82) is 0 Å². The van der Waals surface area contributed by atoms with Gasteiger partial charge in [0.1, 0.15) is 0 Å². The van der Waals surface area contributed by atoms with Crippen molar-refractivity contribution < 1.29 is 13.2 Å². The number of anilines is 1. The van der Waals surface area contributed by atoms with Crippen LogP contribution in [0.15, 0.2) is 53.4 Å². The highest BCUT2D eigenvalue weighted by molar-refractivity contribution is 7.90. The van der Waals surface area contributed by atoms with Gasteiger partial charge in [0.15, 0.2) is 9.84 Å². The lowest BCUT2D eigenvalue weighted by Crippen LogP contribution is -2.34. The fourth-order valence-corrected chi connectivity index (χ4v) is 4.06. The zero-order valence-corrected chi connectivity index (χ0v) is 18.9. The van der Waals surface area contributed by atoms with E-state index in [1.807, 2.05) is 0 Å². The lowest BCUT2D eigenvalue weighted by Gasteiger charge is -2.25. The van der Waals surface area contributed by atoms with Crippen molar-refractivity contribution >= 4 is 21.4 Å². The molecule has 0 saturated carbocycles. The third-order valence-corrected chi connectivity index (χ3v) is 6.00. The van der Waals surface area contributed by atoms with E-state index in [1.165, 1.54) is 11.6 Å². The van der Waals surface area contributed by atoms with Crippen molar-refractivity contribution in [2.24, 2.45) is 5.92 Å². The number of nitrogens with one attached hydrogen (secondary N) is 2. The number of para-hydroxylation sites is 1. The molecule has 0 aliphatic carbocycles. The molecule has 0 aliphatic rings. The SMILES string of the molecule is CC(C)[C@H](NCC(=O)Nc1ccccc1S(C)(=O)=O)c1ccc(C(C)(C)C)cc1. The molecular formula is C23H32N2O3S. The Labute approximate surface area is 174 Å². The molecule has 0 aromatic heterocycles. The quantitative estimate of drug-likeness (QED) is 0.705. The van der Waals surface area contributed by atoms with E-state index in [4.69, 9.17) is 0 Å². The lowest BCUT2D eigenvalue weighted by atomic mass is 9.85. The Morgan fingerprint density at radius 2 is 1.59 bits per heavy atom. The van der Waals surface area contributed by atoms with Gasteiger partial charge in [-0.1, -0.05) is 71.0 Å². The maximum Gasteiger partial charge on any atom is 0.238 e. The second-order valence-electron chi connectivity index (χ2n) is 8.79. The monoisotopic (exact) mass is 416 g/mol. The summed E-state index contributed by atoms with van der Waals surface area (Å²) in [5.41, 5.74) is 2.78. The molecule has 0 bridgehead atoms. The Morgan fingerprint density at radius 1 is 1.00 bits per heavy atom. The average Bonchev–Trinajstić information content (AvgIpc) is 2.61. The third-order valence-electron chi connectivity index (χ3n) is 4.85. The Morgan fingerprint density at radius 3 is 2.10 bits per heavy atom. The molecule has 29 heavy (non-hydrogen) atoms. The molecule has 0 spiro atoms. The summed E-state index contributed by atoms with van der Waals surface area (Å²) in [6, 6.07) is 14.9. The molecule has 2 aromatic rings. The molecule has 1 atom stereocenters. The van der Waals surface area contributed by atoms with Gasteiger partial charge >= 0.3 is 0 Å².